The van der Waals surface area contributed by atoms with E-state index >= 15 is 0 Å². The van der Waals surface area contributed by atoms with Crippen molar-refractivity contribution in [3.05, 3.63) is 35.4 Å². The van der Waals surface area contributed by atoms with Crippen molar-refractivity contribution in [2.24, 2.45) is 11.5 Å². The zero-order valence-electron chi connectivity index (χ0n) is 8.95. The van der Waals surface area contributed by atoms with Gasteiger partial charge in [0.05, 0.1) is 0 Å². The van der Waals surface area contributed by atoms with Crippen LogP contribution in [0.3, 0.4) is 0 Å². The third-order valence-electron chi connectivity index (χ3n) is 2.30. The monoisotopic (exact) mass is 242 g/mol. The van der Waals surface area contributed by atoms with Crippen molar-refractivity contribution in [3.63, 3.8) is 0 Å². The molecule has 1 aromatic rings. The molecule has 0 aliphatic carbocycles. The molecule has 2 amide bonds. The van der Waals surface area contributed by atoms with Crippen molar-refractivity contribution >= 4 is 11.8 Å². The number of carbonyl (C=O) groups is 2. The van der Waals surface area contributed by atoms with Crippen LogP contribution in [0.5, 0.6) is 0 Å². The summed E-state index contributed by atoms with van der Waals surface area (Å²) in [5.74, 6) is -3.67. The van der Waals surface area contributed by atoms with Crippen LogP contribution in [0.1, 0.15) is 24.3 Å². The van der Waals surface area contributed by atoms with Crippen LogP contribution in [-0.4, -0.2) is 11.8 Å². The number of carbonyl (C=O) groups excluding carboxylic acids is 2. The number of amides is 2. The molecule has 4 nitrogen and oxygen atoms in total. The maximum absolute atomic E-state index is 13.5. The molecule has 0 aliphatic heterocycles. The highest BCUT2D eigenvalue weighted by molar-refractivity contribution is 5.78. The first kappa shape index (κ1) is 13.1. The average molecular weight is 242 g/mol. The first-order valence-electron chi connectivity index (χ1n) is 4.91. The number of hydrogen-bond donors (Lipinski definition) is 2. The van der Waals surface area contributed by atoms with Gasteiger partial charge in [0.2, 0.25) is 11.8 Å². The van der Waals surface area contributed by atoms with Gasteiger partial charge in [-0.05, 0) is 11.6 Å². The van der Waals surface area contributed by atoms with Crippen molar-refractivity contribution < 1.29 is 18.4 Å². The van der Waals surface area contributed by atoms with Crippen LogP contribution >= 0.6 is 0 Å². The molecule has 92 valence electrons. The van der Waals surface area contributed by atoms with Crippen molar-refractivity contribution in [3.8, 4) is 0 Å². The topological polar surface area (TPSA) is 86.2 Å². The highest BCUT2D eigenvalue weighted by Crippen LogP contribution is 2.26. The van der Waals surface area contributed by atoms with Gasteiger partial charge in [-0.3, -0.25) is 9.59 Å². The maximum atomic E-state index is 13.5. The van der Waals surface area contributed by atoms with Gasteiger partial charge in [0.15, 0.2) is 0 Å². The number of primary amides is 2. The molecule has 4 N–H and O–H groups in total. The Morgan fingerprint density at radius 1 is 1.12 bits per heavy atom. The summed E-state index contributed by atoms with van der Waals surface area (Å²) in [4.78, 5) is 21.6. The largest absolute Gasteiger partial charge is 0.370 e. The Hall–Kier alpha value is -1.98. The number of halogens is 2. The molecule has 1 rings (SSSR count). The molecule has 0 saturated carbocycles. The summed E-state index contributed by atoms with van der Waals surface area (Å²) in [6.07, 6.45) is -0.434. The lowest BCUT2D eigenvalue weighted by molar-refractivity contribution is -0.119. The standard InChI is InChI=1S/C11H12F2N2O2/c12-7-1-2-8(9(13)5-7)6(3-10(14)16)4-11(15)17/h1-2,5-6H,3-4H2,(H2,14,16)(H2,15,17). The minimum atomic E-state index is -0.822. The Morgan fingerprint density at radius 2 is 1.65 bits per heavy atom. The van der Waals surface area contributed by atoms with Gasteiger partial charge in [-0.25, -0.2) is 8.78 Å². The maximum Gasteiger partial charge on any atom is 0.218 e. The fourth-order valence-electron chi connectivity index (χ4n) is 1.61. The van der Waals surface area contributed by atoms with Gasteiger partial charge in [0.25, 0.3) is 0 Å². The fraction of sp³-hybridized carbons (Fsp3) is 0.273. The Bertz CT molecular complexity index is 433. The lowest BCUT2D eigenvalue weighted by Crippen LogP contribution is -2.21. The first-order chi connectivity index (χ1) is 7.90. The smallest absolute Gasteiger partial charge is 0.218 e. The molecule has 0 spiro atoms. The summed E-state index contributed by atoms with van der Waals surface area (Å²) in [7, 11) is 0. The second-order valence-corrected chi connectivity index (χ2v) is 3.70. The number of rotatable bonds is 5. The molecule has 0 saturated heterocycles. The van der Waals surface area contributed by atoms with E-state index in [1.54, 1.807) is 0 Å². The van der Waals surface area contributed by atoms with Gasteiger partial charge in [-0.1, -0.05) is 6.07 Å². The van der Waals surface area contributed by atoms with E-state index in [1.807, 2.05) is 0 Å². The molecular formula is C11H12F2N2O2. The van der Waals surface area contributed by atoms with E-state index in [0.717, 1.165) is 6.07 Å². The summed E-state index contributed by atoms with van der Waals surface area (Å²) in [5.41, 5.74) is 10.1. The van der Waals surface area contributed by atoms with Gasteiger partial charge in [-0.15, -0.1) is 0 Å². The van der Waals surface area contributed by atoms with E-state index in [0.29, 0.717) is 6.07 Å². The van der Waals surface area contributed by atoms with Crippen LogP contribution in [0.4, 0.5) is 8.78 Å². The number of benzene rings is 1. The predicted octanol–water partition coefficient (Wildman–Crippen LogP) is 0.799. The zero-order chi connectivity index (χ0) is 13.0. The Labute approximate surface area is 96.6 Å². The quantitative estimate of drug-likeness (QED) is 0.800. The van der Waals surface area contributed by atoms with Crippen LogP contribution in [0.2, 0.25) is 0 Å². The van der Waals surface area contributed by atoms with E-state index in [4.69, 9.17) is 11.5 Å². The Balaban J connectivity index is 3.02. The van der Waals surface area contributed by atoms with Crippen LogP contribution in [0, 0.1) is 11.6 Å². The molecule has 0 heterocycles. The molecule has 0 aliphatic rings. The Morgan fingerprint density at radius 3 is 2.06 bits per heavy atom. The molecule has 17 heavy (non-hydrogen) atoms. The number of nitrogens with two attached hydrogens (primary N) is 2. The summed E-state index contributed by atoms with van der Waals surface area (Å²) < 4.78 is 26.2. The van der Waals surface area contributed by atoms with Crippen molar-refractivity contribution in [2.45, 2.75) is 18.8 Å². The Kier molecular flexibility index (Phi) is 4.14. The van der Waals surface area contributed by atoms with Gasteiger partial charge in [0, 0.05) is 24.8 Å². The molecule has 0 bridgehead atoms. The van der Waals surface area contributed by atoms with E-state index < -0.39 is 29.4 Å². The van der Waals surface area contributed by atoms with Crippen LogP contribution in [-0.2, 0) is 9.59 Å². The number of hydrogen-bond acceptors (Lipinski definition) is 2. The molecular weight excluding hydrogens is 230 g/mol. The SMILES string of the molecule is NC(=O)CC(CC(N)=O)c1ccc(F)cc1F. The highest BCUT2D eigenvalue weighted by atomic mass is 19.1. The molecule has 0 fully saturated rings. The van der Waals surface area contributed by atoms with Crippen molar-refractivity contribution in [2.75, 3.05) is 0 Å². The normalized spacial score (nSPS) is 10.5. The minimum Gasteiger partial charge on any atom is -0.370 e. The summed E-state index contributed by atoms with van der Waals surface area (Å²) in [6, 6.07) is 2.92. The molecule has 0 atom stereocenters. The highest BCUT2D eigenvalue weighted by Gasteiger charge is 2.20. The van der Waals surface area contributed by atoms with Gasteiger partial charge in [-0.2, -0.15) is 0 Å². The summed E-state index contributed by atoms with van der Waals surface area (Å²) in [5, 5.41) is 0. The molecule has 0 unspecified atom stereocenters. The van der Waals surface area contributed by atoms with Gasteiger partial charge in [0.1, 0.15) is 11.6 Å². The average Bonchev–Trinajstić information content (AvgIpc) is 2.14. The van der Waals surface area contributed by atoms with Crippen LogP contribution in [0.15, 0.2) is 18.2 Å². The van der Waals surface area contributed by atoms with Crippen LogP contribution < -0.4 is 11.5 Å². The predicted molar refractivity (Wildman–Crippen MR) is 56.7 cm³/mol. The molecule has 0 aromatic heterocycles. The molecule has 1 aromatic carbocycles. The van der Waals surface area contributed by atoms with E-state index in [-0.39, 0.29) is 18.4 Å². The third-order valence-corrected chi connectivity index (χ3v) is 2.30. The van der Waals surface area contributed by atoms with Gasteiger partial charge < -0.3 is 11.5 Å². The van der Waals surface area contributed by atoms with E-state index in [9.17, 15) is 18.4 Å². The molecule has 6 heteroatoms. The zero-order valence-corrected chi connectivity index (χ0v) is 8.95. The minimum absolute atomic E-state index is 0.0593. The van der Waals surface area contributed by atoms with E-state index in [1.165, 1.54) is 6.07 Å². The lowest BCUT2D eigenvalue weighted by Gasteiger charge is -2.14. The summed E-state index contributed by atoms with van der Waals surface area (Å²) in [6.45, 7) is 0. The second kappa shape index (κ2) is 5.38. The third kappa shape index (κ3) is 3.82. The summed E-state index contributed by atoms with van der Waals surface area (Å²) >= 11 is 0. The second-order valence-electron chi connectivity index (χ2n) is 3.70. The van der Waals surface area contributed by atoms with Crippen molar-refractivity contribution in [1.29, 1.82) is 0 Å². The van der Waals surface area contributed by atoms with Crippen molar-refractivity contribution in [1.82, 2.24) is 0 Å². The van der Waals surface area contributed by atoms with Gasteiger partial charge >= 0.3 is 0 Å². The molecule has 0 radical (unpaired) electrons. The van der Waals surface area contributed by atoms with E-state index in [2.05, 4.69) is 0 Å². The van der Waals surface area contributed by atoms with Crippen LogP contribution in [0.25, 0.3) is 0 Å². The first-order valence-corrected chi connectivity index (χ1v) is 4.91. The fourth-order valence-corrected chi connectivity index (χ4v) is 1.61. The lowest BCUT2D eigenvalue weighted by atomic mass is 9.91.